The van der Waals surface area contributed by atoms with Crippen molar-refractivity contribution in [3.05, 3.63) is 65.4 Å². The fourth-order valence-electron chi connectivity index (χ4n) is 4.18. The molecule has 0 bridgehead atoms. The van der Waals surface area contributed by atoms with Gasteiger partial charge in [-0.05, 0) is 57.7 Å². The van der Waals surface area contributed by atoms with Gasteiger partial charge in [0, 0.05) is 35.7 Å². The van der Waals surface area contributed by atoms with Crippen LogP contribution in [0, 0.1) is 6.92 Å². The lowest BCUT2D eigenvalue weighted by molar-refractivity contribution is 0.0474. The summed E-state index contributed by atoms with van der Waals surface area (Å²) in [5.41, 5.74) is 3.25. The fraction of sp³-hybridized carbons (Fsp3) is 0.400. The lowest BCUT2D eigenvalue weighted by Gasteiger charge is -2.20. The molecule has 2 heterocycles. The number of likely N-dealkylation sites (N-methyl/N-ethyl adjacent to an activating group) is 1. The van der Waals surface area contributed by atoms with Crippen molar-refractivity contribution < 1.29 is 14.3 Å². The molecule has 6 heteroatoms. The van der Waals surface area contributed by atoms with Gasteiger partial charge in [0.1, 0.15) is 19.0 Å². The minimum atomic E-state index is -0.323. The van der Waals surface area contributed by atoms with Crippen molar-refractivity contribution in [2.75, 3.05) is 40.3 Å². The number of fused-ring (bicyclic) bond motifs is 1. The summed E-state index contributed by atoms with van der Waals surface area (Å²) in [4.78, 5) is 20.8. The largest absolute Gasteiger partial charge is 0.492 e. The van der Waals surface area contributed by atoms with Gasteiger partial charge in [-0.3, -0.25) is 4.90 Å². The van der Waals surface area contributed by atoms with Crippen LogP contribution in [0.4, 0.5) is 0 Å². The Hall–Kier alpha value is -2.83. The van der Waals surface area contributed by atoms with Gasteiger partial charge in [0.25, 0.3) is 0 Å². The normalized spacial score (nSPS) is 16.8. The molecule has 1 N–H and O–H groups in total. The lowest BCUT2D eigenvalue weighted by Crippen LogP contribution is -2.33. The van der Waals surface area contributed by atoms with Crippen molar-refractivity contribution in [3.63, 3.8) is 0 Å². The number of aryl methyl sites for hydroxylation is 1. The van der Waals surface area contributed by atoms with Gasteiger partial charge in [-0.25, -0.2) is 4.79 Å². The number of rotatable bonds is 8. The molecule has 0 aliphatic carbocycles. The first-order valence-electron chi connectivity index (χ1n) is 10.9. The van der Waals surface area contributed by atoms with E-state index in [1.807, 2.05) is 55.5 Å². The van der Waals surface area contributed by atoms with Gasteiger partial charge in [0.2, 0.25) is 0 Å². The number of ether oxygens (including phenoxy) is 2. The molecule has 1 aromatic heterocycles. The third-order valence-electron chi connectivity index (χ3n) is 6.03. The Morgan fingerprint density at radius 1 is 1.19 bits per heavy atom. The highest BCUT2D eigenvalue weighted by Gasteiger charge is 2.23. The zero-order chi connectivity index (χ0) is 21.8. The van der Waals surface area contributed by atoms with Gasteiger partial charge in [-0.1, -0.05) is 30.3 Å². The summed E-state index contributed by atoms with van der Waals surface area (Å²) < 4.78 is 11.6. The molecule has 1 saturated heterocycles. The number of hydrogen-bond donors (Lipinski definition) is 1. The highest BCUT2D eigenvalue weighted by atomic mass is 16.5. The van der Waals surface area contributed by atoms with E-state index in [1.54, 1.807) is 0 Å². The van der Waals surface area contributed by atoms with E-state index < -0.39 is 0 Å². The van der Waals surface area contributed by atoms with Gasteiger partial charge in [0.15, 0.2) is 0 Å². The third kappa shape index (κ3) is 5.09. The van der Waals surface area contributed by atoms with E-state index >= 15 is 0 Å². The quantitative estimate of drug-likeness (QED) is 0.560. The molecule has 0 saturated carbocycles. The van der Waals surface area contributed by atoms with Crippen molar-refractivity contribution >= 4 is 16.9 Å². The molecule has 1 unspecified atom stereocenters. The maximum Gasteiger partial charge on any atom is 0.340 e. The van der Waals surface area contributed by atoms with Crippen LogP contribution in [0.5, 0.6) is 5.75 Å². The molecular weight excluding hydrogens is 390 g/mol. The van der Waals surface area contributed by atoms with Crippen LogP contribution in [0.3, 0.4) is 0 Å². The van der Waals surface area contributed by atoms with E-state index in [1.165, 1.54) is 6.42 Å². The Balaban J connectivity index is 1.39. The van der Waals surface area contributed by atoms with E-state index in [-0.39, 0.29) is 12.6 Å². The second-order valence-corrected chi connectivity index (χ2v) is 8.45. The zero-order valence-electron chi connectivity index (χ0n) is 18.6. The Bertz CT molecular complexity index is 1030. The number of nitrogens with zero attached hydrogens (tertiary/aromatic N) is 2. The van der Waals surface area contributed by atoms with Gasteiger partial charge < -0.3 is 19.4 Å². The van der Waals surface area contributed by atoms with Gasteiger partial charge >= 0.3 is 5.97 Å². The first kappa shape index (κ1) is 21.4. The molecule has 0 amide bonds. The number of carbonyl (C=O) groups is 1. The average Bonchev–Trinajstić information content (AvgIpc) is 3.36. The predicted molar refractivity (Wildman–Crippen MR) is 123 cm³/mol. The van der Waals surface area contributed by atoms with Crippen LogP contribution in [0.25, 0.3) is 10.9 Å². The first-order valence-corrected chi connectivity index (χ1v) is 10.9. The number of aromatic amines is 1. The number of H-pyrrole nitrogens is 1. The van der Waals surface area contributed by atoms with Crippen molar-refractivity contribution in [2.24, 2.45) is 0 Å². The maximum atomic E-state index is 12.8. The summed E-state index contributed by atoms with van der Waals surface area (Å²) in [5.74, 6) is 0.448. The molecule has 1 aliphatic heterocycles. The topological polar surface area (TPSA) is 57.8 Å². The number of aromatic nitrogens is 1. The summed E-state index contributed by atoms with van der Waals surface area (Å²) in [6, 6.07) is 16.2. The number of hydrogen-bond acceptors (Lipinski definition) is 5. The number of esters is 1. The Labute approximate surface area is 183 Å². The molecule has 164 valence electrons. The summed E-state index contributed by atoms with van der Waals surface area (Å²) in [7, 11) is 4.28. The van der Waals surface area contributed by atoms with Crippen LogP contribution >= 0.6 is 0 Å². The van der Waals surface area contributed by atoms with Crippen molar-refractivity contribution in [1.29, 1.82) is 0 Å². The van der Waals surface area contributed by atoms with Crippen LogP contribution in [0.2, 0.25) is 0 Å². The maximum absolute atomic E-state index is 12.8. The molecular formula is C25H31N3O3. The first-order chi connectivity index (χ1) is 15.0. The summed E-state index contributed by atoms with van der Waals surface area (Å²) in [5, 5.41) is 0.835. The highest BCUT2D eigenvalue weighted by Crippen LogP contribution is 2.27. The SMILES string of the molecule is Cc1[nH]c2ccc(OCCN3CCC(N(C)C)C3)cc2c1C(=O)OCc1ccccc1. The van der Waals surface area contributed by atoms with E-state index in [2.05, 4.69) is 28.9 Å². The third-order valence-corrected chi connectivity index (χ3v) is 6.03. The molecule has 4 rings (SSSR count). The minimum absolute atomic E-state index is 0.256. The number of benzene rings is 2. The van der Waals surface area contributed by atoms with Crippen LogP contribution in [0.15, 0.2) is 48.5 Å². The minimum Gasteiger partial charge on any atom is -0.492 e. The van der Waals surface area contributed by atoms with Crippen LogP contribution in [-0.2, 0) is 11.3 Å². The number of carbonyl (C=O) groups excluding carboxylic acids is 1. The van der Waals surface area contributed by atoms with Crippen LogP contribution < -0.4 is 4.74 Å². The van der Waals surface area contributed by atoms with Crippen molar-refractivity contribution in [1.82, 2.24) is 14.8 Å². The Morgan fingerprint density at radius 2 is 2.00 bits per heavy atom. The molecule has 1 atom stereocenters. The molecule has 0 spiro atoms. The van der Waals surface area contributed by atoms with E-state index in [9.17, 15) is 4.79 Å². The number of nitrogens with one attached hydrogen (secondary N) is 1. The fourth-order valence-corrected chi connectivity index (χ4v) is 4.18. The van der Waals surface area contributed by atoms with Crippen LogP contribution in [-0.4, -0.2) is 67.1 Å². The van der Waals surface area contributed by atoms with Gasteiger partial charge in [-0.15, -0.1) is 0 Å². The van der Waals surface area contributed by atoms with Gasteiger partial charge in [-0.2, -0.15) is 0 Å². The predicted octanol–water partition coefficient (Wildman–Crippen LogP) is 3.85. The average molecular weight is 422 g/mol. The molecule has 3 aromatic rings. The Kier molecular flexibility index (Phi) is 6.59. The van der Waals surface area contributed by atoms with E-state index in [4.69, 9.17) is 9.47 Å². The summed E-state index contributed by atoms with van der Waals surface area (Å²) >= 11 is 0. The molecule has 0 radical (unpaired) electrons. The second-order valence-electron chi connectivity index (χ2n) is 8.45. The monoisotopic (exact) mass is 421 g/mol. The van der Waals surface area contributed by atoms with E-state index in [0.29, 0.717) is 18.2 Å². The molecule has 2 aromatic carbocycles. The molecule has 1 aliphatic rings. The lowest BCUT2D eigenvalue weighted by atomic mass is 10.1. The molecule has 6 nitrogen and oxygen atoms in total. The second kappa shape index (κ2) is 9.54. The molecule has 1 fully saturated rings. The number of likely N-dealkylation sites (tertiary alicyclic amines) is 1. The summed E-state index contributed by atoms with van der Waals surface area (Å²) in [6.07, 6.45) is 1.20. The Morgan fingerprint density at radius 3 is 2.74 bits per heavy atom. The smallest absolute Gasteiger partial charge is 0.340 e. The van der Waals surface area contributed by atoms with E-state index in [0.717, 1.165) is 47.5 Å². The standard InChI is InChI=1S/C25H31N3O3/c1-18-24(25(29)31-17-19-7-5-4-6-8-19)22-15-21(9-10-23(22)26-18)30-14-13-28-12-11-20(16-28)27(2)3/h4-10,15,20,26H,11-14,16-17H2,1-3H3. The van der Waals surface area contributed by atoms with Crippen molar-refractivity contribution in [3.8, 4) is 5.75 Å². The van der Waals surface area contributed by atoms with Crippen molar-refractivity contribution in [2.45, 2.75) is 26.0 Å². The molecule has 31 heavy (non-hydrogen) atoms. The highest BCUT2D eigenvalue weighted by molar-refractivity contribution is 6.05. The van der Waals surface area contributed by atoms with Gasteiger partial charge in [0.05, 0.1) is 5.56 Å². The summed E-state index contributed by atoms with van der Waals surface area (Å²) in [6.45, 7) is 5.88. The van der Waals surface area contributed by atoms with Crippen LogP contribution in [0.1, 0.15) is 28.0 Å². The zero-order valence-corrected chi connectivity index (χ0v) is 18.6.